The topological polar surface area (TPSA) is 166 Å². The number of hydrazine groups is 1. The van der Waals surface area contributed by atoms with Crippen LogP contribution in [0.4, 0.5) is 0 Å². The maximum Gasteiger partial charge on any atom is 0.305 e. The fourth-order valence-electron chi connectivity index (χ4n) is 1.95. The van der Waals surface area contributed by atoms with Crippen LogP contribution in [0.5, 0.6) is 0 Å². The van der Waals surface area contributed by atoms with Crippen molar-refractivity contribution in [2.75, 3.05) is 19.6 Å². The molecule has 10 nitrogen and oxygen atoms in total. The van der Waals surface area contributed by atoms with Crippen LogP contribution in [0.1, 0.15) is 44.9 Å². The zero-order valence-corrected chi connectivity index (χ0v) is 14.4. The van der Waals surface area contributed by atoms with E-state index in [1.807, 2.05) is 0 Å². The first-order valence-electron chi connectivity index (χ1n) is 8.33. The number of unbranched alkanes of at least 4 members (excludes halogenated alkanes) is 3. The van der Waals surface area contributed by atoms with Gasteiger partial charge in [-0.05, 0) is 12.8 Å². The number of nitrogens with one attached hydrogen (secondary N) is 3. The van der Waals surface area contributed by atoms with E-state index in [0.29, 0.717) is 13.0 Å². The molecule has 0 saturated heterocycles. The second-order valence-electron chi connectivity index (χ2n) is 5.52. The average molecular weight is 359 g/mol. The highest BCUT2D eigenvalue weighted by molar-refractivity contribution is 5.78. The predicted octanol–water partition coefficient (Wildman–Crippen LogP) is -1.11. The van der Waals surface area contributed by atoms with Gasteiger partial charge in [-0.3, -0.25) is 19.4 Å². The summed E-state index contributed by atoms with van der Waals surface area (Å²) in [6, 6.07) is 0. The fraction of sp³-hybridized carbons (Fsp3) is 0.733. The number of hydrogen-bond donors (Lipinski definition) is 6. The number of carbonyl (C=O) groups excluding carboxylic acids is 2. The van der Waals surface area contributed by atoms with E-state index in [9.17, 15) is 19.5 Å². The monoisotopic (exact) mass is 359 g/mol. The lowest BCUT2D eigenvalue weighted by molar-refractivity contribution is -0.137. The summed E-state index contributed by atoms with van der Waals surface area (Å²) in [5.74, 6) is 3.40. The van der Waals surface area contributed by atoms with Crippen LogP contribution in [-0.4, -0.2) is 60.1 Å². The van der Waals surface area contributed by atoms with Gasteiger partial charge in [-0.1, -0.05) is 12.8 Å². The number of aliphatic carboxylic acids is 1. The van der Waals surface area contributed by atoms with Crippen molar-refractivity contribution >= 4 is 24.1 Å². The number of aliphatic imine (C=N–C) groups is 1. The Kier molecular flexibility index (Phi) is 14.0. The molecule has 0 aliphatic heterocycles. The molecule has 0 aliphatic rings. The minimum absolute atomic E-state index is 0.00795. The summed E-state index contributed by atoms with van der Waals surface area (Å²) in [4.78, 5) is 37.3. The number of carboxylic acids is 1. The lowest BCUT2D eigenvalue weighted by Crippen LogP contribution is -2.36. The minimum atomic E-state index is -1.01. The van der Waals surface area contributed by atoms with Crippen molar-refractivity contribution in [3.05, 3.63) is 0 Å². The highest BCUT2D eigenvalue weighted by atomic mass is 16.4. The number of carbonyl (C=O) groups is 3. The van der Waals surface area contributed by atoms with Crippen LogP contribution in [0.25, 0.3) is 0 Å². The van der Waals surface area contributed by atoms with Crippen molar-refractivity contribution in [3.8, 4) is 0 Å². The molecule has 0 radical (unpaired) electrons. The molecule has 2 amide bonds. The quantitative estimate of drug-likeness (QED) is 0.0708. The molecule has 0 rings (SSSR count). The van der Waals surface area contributed by atoms with Crippen molar-refractivity contribution in [1.82, 2.24) is 16.1 Å². The number of rotatable bonds is 15. The number of carboxylic acid groups (broad SMARTS) is 1. The summed E-state index contributed by atoms with van der Waals surface area (Å²) in [6.07, 6.45) is 4.00. The van der Waals surface area contributed by atoms with E-state index in [4.69, 9.17) is 10.9 Å². The zero-order chi connectivity index (χ0) is 18.9. The van der Waals surface area contributed by atoms with Crippen LogP contribution < -0.4 is 21.9 Å². The van der Waals surface area contributed by atoms with Gasteiger partial charge in [-0.2, -0.15) is 0 Å². The van der Waals surface area contributed by atoms with Gasteiger partial charge >= 0.3 is 5.97 Å². The van der Waals surface area contributed by atoms with Crippen molar-refractivity contribution in [2.24, 2.45) is 10.8 Å². The summed E-state index contributed by atoms with van der Waals surface area (Å²) in [7, 11) is 0. The van der Waals surface area contributed by atoms with Gasteiger partial charge in [-0.15, -0.1) is 0 Å². The van der Waals surface area contributed by atoms with Gasteiger partial charge in [0.1, 0.15) is 0 Å². The number of nitrogens with zero attached hydrogens (tertiary/aromatic N) is 1. The molecular formula is C15H29N5O5. The molecule has 0 aromatic rings. The molecule has 0 fully saturated rings. The number of hydrogen-bond acceptors (Lipinski definition) is 6. The Labute approximate surface area is 147 Å². The lowest BCUT2D eigenvalue weighted by atomic mass is 10.1. The van der Waals surface area contributed by atoms with Crippen LogP contribution in [0, 0.1) is 0 Å². The molecule has 1 unspecified atom stereocenters. The van der Waals surface area contributed by atoms with Crippen LogP contribution >= 0.6 is 0 Å². The van der Waals surface area contributed by atoms with Gasteiger partial charge in [0, 0.05) is 26.1 Å². The summed E-state index contributed by atoms with van der Waals surface area (Å²) in [5.41, 5.74) is 2.32. The molecule has 0 aliphatic carbocycles. The summed E-state index contributed by atoms with van der Waals surface area (Å²) >= 11 is 0. The van der Waals surface area contributed by atoms with E-state index in [-0.39, 0.29) is 31.8 Å². The number of aliphatic hydroxyl groups excluding tert-OH is 1. The molecule has 0 saturated carbocycles. The molecule has 25 heavy (non-hydrogen) atoms. The van der Waals surface area contributed by atoms with Gasteiger partial charge in [0.2, 0.25) is 11.8 Å². The predicted molar refractivity (Wildman–Crippen MR) is 92.7 cm³/mol. The first-order valence-corrected chi connectivity index (χ1v) is 8.33. The van der Waals surface area contributed by atoms with Crippen LogP contribution in [0.2, 0.25) is 0 Å². The van der Waals surface area contributed by atoms with Gasteiger partial charge in [0.05, 0.1) is 25.3 Å². The maximum atomic E-state index is 11.6. The normalized spacial score (nSPS) is 11.9. The van der Waals surface area contributed by atoms with E-state index >= 15 is 0 Å². The van der Waals surface area contributed by atoms with Crippen LogP contribution in [-0.2, 0) is 14.4 Å². The molecule has 0 spiro atoms. The standard InChI is InChI=1S/C15H29N5O5/c16-20-11-17-7-4-2-1-3-5-13(22)19-10-12(21)9-14(23)18-8-6-15(24)25/h11-12,21H,1-10,16H2,(H,17,20)(H,18,23)(H,19,22)(H,24,25). The Morgan fingerprint density at radius 2 is 1.76 bits per heavy atom. The largest absolute Gasteiger partial charge is 0.481 e. The van der Waals surface area contributed by atoms with Crippen molar-refractivity contribution in [3.63, 3.8) is 0 Å². The van der Waals surface area contributed by atoms with Gasteiger partial charge in [0.25, 0.3) is 0 Å². The van der Waals surface area contributed by atoms with Crippen LogP contribution in [0.3, 0.4) is 0 Å². The molecule has 7 N–H and O–H groups in total. The highest BCUT2D eigenvalue weighted by Gasteiger charge is 2.12. The van der Waals surface area contributed by atoms with E-state index in [0.717, 1.165) is 25.7 Å². The number of amides is 2. The summed E-state index contributed by atoms with van der Waals surface area (Å²) in [6.45, 7) is 0.699. The van der Waals surface area contributed by atoms with E-state index in [2.05, 4.69) is 21.1 Å². The summed E-state index contributed by atoms with van der Waals surface area (Å²) < 4.78 is 0. The molecular weight excluding hydrogens is 330 g/mol. The first kappa shape index (κ1) is 22.8. The number of nitrogens with two attached hydrogens (primary N) is 1. The first-order chi connectivity index (χ1) is 12.0. The van der Waals surface area contributed by atoms with E-state index < -0.39 is 18.0 Å². The Balaban J connectivity index is 3.58. The molecule has 1 atom stereocenters. The molecule has 144 valence electrons. The van der Waals surface area contributed by atoms with E-state index in [1.54, 1.807) is 0 Å². The molecule has 10 heteroatoms. The van der Waals surface area contributed by atoms with Crippen LogP contribution in [0.15, 0.2) is 4.99 Å². The second-order valence-corrected chi connectivity index (χ2v) is 5.52. The Hall–Kier alpha value is -2.20. The van der Waals surface area contributed by atoms with Crippen molar-refractivity contribution in [1.29, 1.82) is 0 Å². The SMILES string of the molecule is NNC=NCCCCCCC(=O)NCC(O)CC(=O)NCCC(=O)O. The average Bonchev–Trinajstić information content (AvgIpc) is 2.55. The summed E-state index contributed by atoms with van der Waals surface area (Å²) in [5, 5.41) is 23.1. The van der Waals surface area contributed by atoms with Crippen molar-refractivity contribution < 1.29 is 24.6 Å². The molecule has 0 aromatic carbocycles. The fourth-order valence-corrected chi connectivity index (χ4v) is 1.95. The second kappa shape index (κ2) is 15.3. The lowest BCUT2D eigenvalue weighted by Gasteiger charge is -2.12. The number of aliphatic hydroxyl groups is 1. The Bertz CT molecular complexity index is 431. The molecule has 0 bridgehead atoms. The Morgan fingerprint density at radius 1 is 1.04 bits per heavy atom. The van der Waals surface area contributed by atoms with Crippen molar-refractivity contribution in [2.45, 2.75) is 51.0 Å². The third-order valence-corrected chi connectivity index (χ3v) is 3.22. The third-order valence-electron chi connectivity index (χ3n) is 3.22. The molecule has 0 heterocycles. The third kappa shape index (κ3) is 16.4. The highest BCUT2D eigenvalue weighted by Crippen LogP contribution is 2.03. The smallest absolute Gasteiger partial charge is 0.305 e. The zero-order valence-electron chi connectivity index (χ0n) is 14.4. The van der Waals surface area contributed by atoms with Gasteiger partial charge in [0.15, 0.2) is 0 Å². The van der Waals surface area contributed by atoms with Gasteiger partial charge < -0.3 is 26.3 Å². The minimum Gasteiger partial charge on any atom is -0.481 e. The van der Waals surface area contributed by atoms with E-state index in [1.165, 1.54) is 6.34 Å². The molecule has 0 aromatic heterocycles. The Morgan fingerprint density at radius 3 is 2.44 bits per heavy atom. The maximum absolute atomic E-state index is 11.6. The van der Waals surface area contributed by atoms with Gasteiger partial charge in [-0.25, -0.2) is 5.84 Å².